The van der Waals surface area contributed by atoms with Gasteiger partial charge in [0.05, 0.1) is 11.3 Å². The molecule has 0 bridgehead atoms. The molecule has 0 saturated heterocycles. The average Bonchev–Trinajstić information content (AvgIpc) is 3.55. The normalized spacial score (nSPS) is 12.7. The molecule has 4 heterocycles. The maximum absolute atomic E-state index is 12.2. The molecule has 240 valence electrons. The van der Waals surface area contributed by atoms with Crippen molar-refractivity contribution >= 4 is 63.1 Å². The Bertz CT molecular complexity index is 2140. The summed E-state index contributed by atoms with van der Waals surface area (Å²) in [6.07, 6.45) is 6.72. The van der Waals surface area contributed by atoms with Crippen LogP contribution in [-0.2, 0) is 22.4 Å². The molecule has 1 amide bonds. The third-order valence-electron chi connectivity index (χ3n) is 8.21. The topological polar surface area (TPSA) is 133 Å². The number of aliphatic carboxylic acids is 1. The molecule has 3 aromatic carbocycles. The van der Waals surface area contributed by atoms with Crippen molar-refractivity contribution in [2.24, 2.45) is 0 Å². The van der Waals surface area contributed by atoms with Crippen LogP contribution >= 0.6 is 11.6 Å². The van der Waals surface area contributed by atoms with Gasteiger partial charge in [0.15, 0.2) is 5.82 Å². The molecule has 4 N–H and O–H groups in total. The molecule has 0 spiro atoms. The first-order chi connectivity index (χ1) is 23.3. The summed E-state index contributed by atoms with van der Waals surface area (Å²) in [6.45, 7) is 3.88. The van der Waals surface area contributed by atoms with Crippen molar-refractivity contribution in [1.82, 2.24) is 20.2 Å². The van der Waals surface area contributed by atoms with Gasteiger partial charge in [-0.2, -0.15) is 5.10 Å². The first-order valence-electron chi connectivity index (χ1n) is 15.4. The quantitative estimate of drug-likeness (QED) is 0.122. The summed E-state index contributed by atoms with van der Waals surface area (Å²) >= 11 is 5.95. The predicted octanol–water partition coefficient (Wildman–Crippen LogP) is 8.15. The highest BCUT2D eigenvalue weighted by Crippen LogP contribution is 2.34. The molecular formula is C38H33ClN6O3. The van der Waals surface area contributed by atoms with E-state index >= 15 is 0 Å². The van der Waals surface area contributed by atoms with Gasteiger partial charge in [-0.3, -0.25) is 14.6 Å². The Hall–Kier alpha value is -5.80. The first kappa shape index (κ1) is 32.2. The molecule has 1 aliphatic heterocycles. The third-order valence-corrected chi connectivity index (χ3v) is 8.46. The summed E-state index contributed by atoms with van der Waals surface area (Å²) < 4.78 is 0. The second-order valence-electron chi connectivity index (χ2n) is 11.4. The van der Waals surface area contributed by atoms with E-state index < -0.39 is 5.97 Å². The molecule has 48 heavy (non-hydrogen) atoms. The lowest BCUT2D eigenvalue weighted by molar-refractivity contribution is -0.137. The van der Waals surface area contributed by atoms with Crippen molar-refractivity contribution in [3.05, 3.63) is 142 Å². The number of amides is 1. The Kier molecular flexibility index (Phi) is 9.59. The van der Waals surface area contributed by atoms with E-state index in [1.165, 1.54) is 0 Å². The number of hydrogen-bond acceptors (Lipinski definition) is 6. The van der Waals surface area contributed by atoms with Crippen LogP contribution < -0.4 is 10.6 Å². The van der Waals surface area contributed by atoms with Gasteiger partial charge in [-0.25, -0.2) is 0 Å². The van der Waals surface area contributed by atoms with E-state index in [0.717, 1.165) is 73.7 Å². The number of halogens is 1. The summed E-state index contributed by atoms with van der Waals surface area (Å²) in [7, 11) is 0. The van der Waals surface area contributed by atoms with Crippen LogP contribution in [0.4, 0.5) is 17.2 Å². The van der Waals surface area contributed by atoms with Crippen LogP contribution in [-0.4, -0.2) is 37.1 Å². The zero-order valence-electron chi connectivity index (χ0n) is 26.4. The van der Waals surface area contributed by atoms with Gasteiger partial charge in [-0.15, -0.1) is 5.10 Å². The minimum absolute atomic E-state index is 0.0961. The average molecular weight is 657 g/mol. The van der Waals surface area contributed by atoms with E-state index in [-0.39, 0.29) is 12.3 Å². The number of rotatable bonds is 8. The van der Waals surface area contributed by atoms with Gasteiger partial charge in [-0.05, 0) is 85.5 Å². The second-order valence-corrected chi connectivity index (χ2v) is 11.9. The van der Waals surface area contributed by atoms with E-state index in [4.69, 9.17) is 16.7 Å². The zero-order chi connectivity index (χ0) is 33.6. The van der Waals surface area contributed by atoms with Gasteiger partial charge >= 0.3 is 5.97 Å². The Labute approximate surface area is 282 Å². The van der Waals surface area contributed by atoms with E-state index in [2.05, 4.69) is 42.9 Å². The van der Waals surface area contributed by atoms with Crippen LogP contribution in [0.2, 0.25) is 5.02 Å². The highest BCUT2D eigenvalue weighted by Gasteiger charge is 2.24. The standard InChI is InChI=1S/C20H15ClN4.C18H18N2O3/c21-15-5-7-16(8-6-15)23-20-18-4-2-1-3-17(18)19(24-25-20)13-14-9-11-22-12-10-14;1-10-12(7-8-17(21)22)11(2)19-16(10)9-14-13-5-3-4-6-15(13)20-18(14)23/h1-12H,13H2,(H,23,25);3-6,9,19H,7-8H2,1-2H3,(H,20,23)(H,21,22)/b;14-9-. The van der Waals surface area contributed by atoms with Crippen molar-refractivity contribution in [3.8, 4) is 0 Å². The molecule has 0 unspecified atom stereocenters. The molecule has 9 nitrogen and oxygen atoms in total. The Balaban J connectivity index is 0.000000168. The van der Waals surface area contributed by atoms with Crippen molar-refractivity contribution in [1.29, 1.82) is 0 Å². The lowest BCUT2D eigenvalue weighted by Crippen LogP contribution is -2.03. The largest absolute Gasteiger partial charge is 0.481 e. The number of carbonyl (C=O) groups excluding carboxylic acids is 1. The van der Waals surface area contributed by atoms with Gasteiger partial charge in [0.1, 0.15) is 0 Å². The highest BCUT2D eigenvalue weighted by atomic mass is 35.5. The number of benzene rings is 3. The van der Waals surface area contributed by atoms with Crippen LogP contribution in [0.25, 0.3) is 22.4 Å². The van der Waals surface area contributed by atoms with Crippen LogP contribution in [0.5, 0.6) is 0 Å². The van der Waals surface area contributed by atoms with Crippen molar-refractivity contribution in [2.45, 2.75) is 33.1 Å². The summed E-state index contributed by atoms with van der Waals surface area (Å²) in [5, 5.41) is 26.7. The maximum Gasteiger partial charge on any atom is 0.303 e. The number of pyridine rings is 1. The Morgan fingerprint density at radius 3 is 2.38 bits per heavy atom. The van der Waals surface area contributed by atoms with Crippen LogP contribution in [0.1, 0.15) is 45.8 Å². The lowest BCUT2D eigenvalue weighted by Gasteiger charge is -2.11. The number of H-pyrrole nitrogens is 1. The van der Waals surface area contributed by atoms with E-state index in [1.54, 1.807) is 12.4 Å². The zero-order valence-corrected chi connectivity index (χ0v) is 27.2. The van der Waals surface area contributed by atoms with Crippen LogP contribution in [0.3, 0.4) is 0 Å². The molecule has 1 aliphatic rings. The number of aryl methyl sites for hydroxylation is 1. The third kappa shape index (κ3) is 7.27. The summed E-state index contributed by atoms with van der Waals surface area (Å²) in [4.78, 5) is 30.3. The highest BCUT2D eigenvalue weighted by molar-refractivity contribution is 6.34. The minimum Gasteiger partial charge on any atom is -0.481 e. The lowest BCUT2D eigenvalue weighted by atomic mass is 10.0. The number of nitrogens with one attached hydrogen (secondary N) is 3. The molecular weight excluding hydrogens is 624 g/mol. The molecule has 0 atom stereocenters. The molecule has 0 radical (unpaired) electrons. The number of fused-ring (bicyclic) bond motifs is 2. The number of para-hydroxylation sites is 1. The van der Waals surface area contributed by atoms with E-state index in [0.29, 0.717) is 17.0 Å². The smallest absolute Gasteiger partial charge is 0.303 e. The van der Waals surface area contributed by atoms with E-state index in [1.807, 2.05) is 92.7 Å². The van der Waals surface area contributed by atoms with E-state index in [9.17, 15) is 9.59 Å². The number of hydrogen-bond donors (Lipinski definition) is 4. The molecule has 3 aromatic heterocycles. The molecule has 10 heteroatoms. The predicted molar refractivity (Wildman–Crippen MR) is 190 cm³/mol. The van der Waals surface area contributed by atoms with Crippen molar-refractivity contribution in [2.75, 3.05) is 10.6 Å². The maximum atomic E-state index is 12.2. The first-order valence-corrected chi connectivity index (χ1v) is 15.8. The van der Waals surface area contributed by atoms with Crippen LogP contribution in [0.15, 0.2) is 97.3 Å². The number of carbonyl (C=O) groups is 2. The summed E-state index contributed by atoms with van der Waals surface area (Å²) in [5.41, 5.74) is 9.15. The number of aromatic nitrogens is 4. The number of anilines is 3. The fourth-order valence-corrected chi connectivity index (χ4v) is 5.87. The second kappa shape index (κ2) is 14.3. The van der Waals surface area contributed by atoms with Gasteiger partial charge in [0.2, 0.25) is 0 Å². The molecule has 0 fully saturated rings. The Morgan fingerprint density at radius 1 is 0.917 bits per heavy atom. The summed E-state index contributed by atoms with van der Waals surface area (Å²) in [5.74, 6) is -0.199. The molecule has 0 aliphatic carbocycles. The van der Waals surface area contributed by atoms with Gasteiger partial charge < -0.3 is 20.7 Å². The fraction of sp³-hybridized carbons (Fsp3) is 0.132. The number of carboxylic acids is 1. The Morgan fingerprint density at radius 2 is 1.62 bits per heavy atom. The number of aromatic amines is 1. The van der Waals surface area contributed by atoms with Crippen molar-refractivity contribution in [3.63, 3.8) is 0 Å². The monoisotopic (exact) mass is 656 g/mol. The molecule has 7 rings (SSSR count). The van der Waals surface area contributed by atoms with Gasteiger partial charge in [-0.1, -0.05) is 54.1 Å². The van der Waals surface area contributed by atoms with Crippen LogP contribution in [0, 0.1) is 13.8 Å². The summed E-state index contributed by atoms with van der Waals surface area (Å²) in [6, 6.07) is 27.3. The number of carboxylic acid groups (broad SMARTS) is 1. The SMILES string of the molecule is Cc1[nH]c(/C=C2\C(=O)Nc3ccccc32)c(C)c1CCC(=O)O.Clc1ccc(Nc2nnc(Cc3ccncc3)c3ccccc23)cc1. The number of nitrogens with zero attached hydrogens (tertiary/aromatic N) is 3. The van der Waals surface area contributed by atoms with Gasteiger partial charge in [0, 0.05) is 69.4 Å². The fourth-order valence-electron chi connectivity index (χ4n) is 5.74. The van der Waals surface area contributed by atoms with Gasteiger partial charge in [0.25, 0.3) is 5.91 Å². The molecule has 0 saturated carbocycles. The molecule has 6 aromatic rings. The van der Waals surface area contributed by atoms with Crippen molar-refractivity contribution < 1.29 is 14.7 Å². The minimum atomic E-state index is -0.811.